The summed E-state index contributed by atoms with van der Waals surface area (Å²) in [5.74, 6) is 0.328. The van der Waals surface area contributed by atoms with Crippen molar-refractivity contribution in [3.05, 3.63) is 82.0 Å². The zero-order chi connectivity index (χ0) is 22.7. The Labute approximate surface area is 184 Å². The third-order valence-electron chi connectivity index (χ3n) is 5.24. The van der Waals surface area contributed by atoms with Gasteiger partial charge in [0.05, 0.1) is 30.7 Å². The molecular formula is C25H23NO6. The Morgan fingerprint density at radius 3 is 2.44 bits per heavy atom. The van der Waals surface area contributed by atoms with Gasteiger partial charge in [-0.3, -0.25) is 4.79 Å². The van der Waals surface area contributed by atoms with E-state index in [1.165, 1.54) is 26.4 Å². The van der Waals surface area contributed by atoms with E-state index in [2.05, 4.69) is 5.32 Å². The fourth-order valence-corrected chi connectivity index (χ4v) is 3.56. The maximum Gasteiger partial charge on any atom is 0.235 e. The third kappa shape index (κ3) is 3.98. The van der Waals surface area contributed by atoms with Crippen LogP contribution in [0.3, 0.4) is 0 Å². The standard InChI is InChI=1S/C25H23NO6/c1-30-16-8-9-17(21(12-16)31-2)25-23(29)22(28)18-10-11-20(27)19(24(18)32-25)14-26-13-15-6-4-3-5-7-15/h3-12,26-27,29H,13-14H2,1-2H3. The maximum atomic E-state index is 12.9. The number of methoxy groups -OCH3 is 2. The Balaban J connectivity index is 1.80. The normalized spacial score (nSPS) is 10.9. The number of aromatic hydroxyl groups is 2. The molecule has 0 unspecified atom stereocenters. The summed E-state index contributed by atoms with van der Waals surface area (Å²) in [4.78, 5) is 12.9. The van der Waals surface area contributed by atoms with Gasteiger partial charge in [0.2, 0.25) is 11.2 Å². The van der Waals surface area contributed by atoms with Crippen molar-refractivity contribution < 1.29 is 24.1 Å². The number of hydrogen-bond acceptors (Lipinski definition) is 7. The Bertz CT molecular complexity index is 1310. The first-order chi connectivity index (χ1) is 15.5. The van der Waals surface area contributed by atoms with Crippen LogP contribution < -0.4 is 20.2 Å². The van der Waals surface area contributed by atoms with Crippen molar-refractivity contribution in [2.45, 2.75) is 13.1 Å². The van der Waals surface area contributed by atoms with Gasteiger partial charge in [-0.15, -0.1) is 0 Å². The Kier molecular flexibility index (Phi) is 6.00. The SMILES string of the molecule is COc1ccc(-c2oc3c(CNCc4ccccc4)c(O)ccc3c(=O)c2O)c(OC)c1. The van der Waals surface area contributed by atoms with Crippen molar-refractivity contribution in [2.75, 3.05) is 14.2 Å². The van der Waals surface area contributed by atoms with Gasteiger partial charge in [0.25, 0.3) is 0 Å². The van der Waals surface area contributed by atoms with E-state index in [1.54, 1.807) is 18.2 Å². The van der Waals surface area contributed by atoms with E-state index in [0.29, 0.717) is 29.2 Å². The Morgan fingerprint density at radius 2 is 1.72 bits per heavy atom. The number of benzene rings is 3. The lowest BCUT2D eigenvalue weighted by molar-refractivity contribution is 0.393. The first-order valence-electron chi connectivity index (χ1n) is 10.0. The van der Waals surface area contributed by atoms with E-state index in [9.17, 15) is 15.0 Å². The van der Waals surface area contributed by atoms with Crippen LogP contribution in [0.2, 0.25) is 0 Å². The zero-order valence-corrected chi connectivity index (χ0v) is 17.7. The van der Waals surface area contributed by atoms with E-state index in [4.69, 9.17) is 13.9 Å². The average Bonchev–Trinajstić information content (AvgIpc) is 2.83. The van der Waals surface area contributed by atoms with Crippen molar-refractivity contribution in [2.24, 2.45) is 0 Å². The molecule has 4 aromatic rings. The molecule has 0 aliphatic rings. The first-order valence-corrected chi connectivity index (χ1v) is 10.0. The van der Waals surface area contributed by atoms with Crippen LogP contribution in [0.1, 0.15) is 11.1 Å². The minimum absolute atomic E-state index is 0.0143. The molecule has 1 heterocycles. The maximum absolute atomic E-state index is 12.9. The van der Waals surface area contributed by atoms with Crippen LogP contribution in [-0.2, 0) is 13.1 Å². The van der Waals surface area contributed by atoms with Crippen LogP contribution >= 0.6 is 0 Å². The number of phenolic OH excluding ortho intramolecular Hbond substituents is 1. The molecule has 0 atom stereocenters. The highest BCUT2D eigenvalue weighted by atomic mass is 16.5. The smallest absolute Gasteiger partial charge is 0.235 e. The molecule has 0 amide bonds. The van der Waals surface area contributed by atoms with Gasteiger partial charge < -0.3 is 29.4 Å². The molecule has 0 spiro atoms. The van der Waals surface area contributed by atoms with Gasteiger partial charge in [-0.1, -0.05) is 30.3 Å². The van der Waals surface area contributed by atoms with E-state index in [1.807, 2.05) is 30.3 Å². The number of phenols is 1. The molecule has 0 aliphatic heterocycles. The van der Waals surface area contributed by atoms with Crippen molar-refractivity contribution in [1.29, 1.82) is 0 Å². The van der Waals surface area contributed by atoms with Crippen LogP contribution in [0, 0.1) is 0 Å². The van der Waals surface area contributed by atoms with Gasteiger partial charge in [-0.05, 0) is 29.8 Å². The molecule has 0 saturated heterocycles. The molecule has 0 bridgehead atoms. The summed E-state index contributed by atoms with van der Waals surface area (Å²) in [6, 6.07) is 17.6. The summed E-state index contributed by atoms with van der Waals surface area (Å²) in [6.07, 6.45) is 0. The molecule has 0 radical (unpaired) electrons. The molecular weight excluding hydrogens is 410 g/mol. The molecule has 3 aromatic carbocycles. The lowest BCUT2D eigenvalue weighted by Crippen LogP contribution is -2.14. The van der Waals surface area contributed by atoms with Gasteiger partial charge in [0.15, 0.2) is 5.76 Å². The molecule has 7 nitrogen and oxygen atoms in total. The topological polar surface area (TPSA) is 101 Å². The quantitative estimate of drug-likeness (QED) is 0.402. The van der Waals surface area contributed by atoms with Crippen LogP contribution in [0.15, 0.2) is 69.9 Å². The highest BCUT2D eigenvalue weighted by Crippen LogP contribution is 2.39. The molecule has 164 valence electrons. The fraction of sp³-hybridized carbons (Fsp3) is 0.160. The summed E-state index contributed by atoms with van der Waals surface area (Å²) in [7, 11) is 3.00. The second-order valence-electron chi connectivity index (χ2n) is 7.20. The van der Waals surface area contributed by atoms with Gasteiger partial charge in [0.1, 0.15) is 22.8 Å². The number of rotatable bonds is 7. The lowest BCUT2D eigenvalue weighted by Gasteiger charge is -2.14. The predicted octanol–water partition coefficient (Wildman–Crippen LogP) is 4.18. The Morgan fingerprint density at radius 1 is 0.938 bits per heavy atom. The Hall–Kier alpha value is -3.97. The van der Waals surface area contributed by atoms with Crippen molar-refractivity contribution in [1.82, 2.24) is 5.32 Å². The zero-order valence-electron chi connectivity index (χ0n) is 17.7. The number of nitrogens with one attached hydrogen (secondary N) is 1. The summed E-state index contributed by atoms with van der Waals surface area (Å²) in [6.45, 7) is 0.823. The number of ether oxygens (including phenoxy) is 2. The van der Waals surface area contributed by atoms with Gasteiger partial charge in [-0.2, -0.15) is 0 Å². The lowest BCUT2D eigenvalue weighted by atomic mass is 10.1. The predicted molar refractivity (Wildman–Crippen MR) is 121 cm³/mol. The summed E-state index contributed by atoms with van der Waals surface area (Å²) in [5, 5.41) is 24.5. The van der Waals surface area contributed by atoms with Gasteiger partial charge in [0, 0.05) is 19.2 Å². The molecule has 0 fully saturated rings. The fourth-order valence-electron chi connectivity index (χ4n) is 3.56. The van der Waals surface area contributed by atoms with Crippen molar-refractivity contribution in [3.8, 4) is 34.3 Å². The van der Waals surface area contributed by atoms with E-state index in [-0.39, 0.29) is 29.0 Å². The second-order valence-corrected chi connectivity index (χ2v) is 7.20. The third-order valence-corrected chi connectivity index (χ3v) is 5.24. The summed E-state index contributed by atoms with van der Waals surface area (Å²) in [5.41, 5.74) is 1.49. The van der Waals surface area contributed by atoms with E-state index < -0.39 is 11.2 Å². The highest BCUT2D eigenvalue weighted by molar-refractivity contribution is 5.86. The molecule has 7 heteroatoms. The minimum Gasteiger partial charge on any atom is -0.507 e. The van der Waals surface area contributed by atoms with E-state index >= 15 is 0 Å². The highest BCUT2D eigenvalue weighted by Gasteiger charge is 2.21. The van der Waals surface area contributed by atoms with Crippen LogP contribution in [-0.4, -0.2) is 24.4 Å². The van der Waals surface area contributed by atoms with E-state index in [0.717, 1.165) is 5.56 Å². The number of hydrogen-bond donors (Lipinski definition) is 3. The van der Waals surface area contributed by atoms with Gasteiger partial charge >= 0.3 is 0 Å². The molecule has 3 N–H and O–H groups in total. The molecule has 0 aliphatic carbocycles. The van der Waals surface area contributed by atoms with Crippen molar-refractivity contribution >= 4 is 11.0 Å². The molecule has 32 heavy (non-hydrogen) atoms. The van der Waals surface area contributed by atoms with Crippen LogP contribution in [0.25, 0.3) is 22.3 Å². The summed E-state index contributed by atoms with van der Waals surface area (Å²) >= 11 is 0. The monoisotopic (exact) mass is 433 g/mol. The largest absolute Gasteiger partial charge is 0.507 e. The number of fused-ring (bicyclic) bond motifs is 1. The molecule has 4 rings (SSSR count). The summed E-state index contributed by atoms with van der Waals surface area (Å²) < 4.78 is 16.6. The van der Waals surface area contributed by atoms with Crippen molar-refractivity contribution in [3.63, 3.8) is 0 Å². The second kappa shape index (κ2) is 9.03. The average molecular weight is 433 g/mol. The first kappa shape index (κ1) is 21.3. The molecule has 1 aromatic heterocycles. The minimum atomic E-state index is -0.594. The van der Waals surface area contributed by atoms with Gasteiger partial charge in [-0.25, -0.2) is 0 Å². The van der Waals surface area contributed by atoms with Crippen LogP contribution in [0.4, 0.5) is 0 Å². The molecule has 0 saturated carbocycles. The van der Waals surface area contributed by atoms with Crippen LogP contribution in [0.5, 0.6) is 23.0 Å².